The van der Waals surface area contributed by atoms with Crippen LogP contribution in [0.1, 0.15) is 10.4 Å². The maximum absolute atomic E-state index is 13.7. The molecule has 0 aliphatic heterocycles. The molecule has 0 aliphatic rings. The molecule has 1 N–H and O–H groups in total. The molecule has 4 nitrogen and oxygen atoms in total. The second kappa shape index (κ2) is 5.14. The second-order valence-electron chi connectivity index (χ2n) is 4.74. The first-order valence-electron chi connectivity index (χ1n) is 6.42. The van der Waals surface area contributed by atoms with E-state index in [4.69, 9.17) is 4.74 Å². The highest BCUT2D eigenvalue weighted by Gasteiger charge is 2.23. The summed E-state index contributed by atoms with van der Waals surface area (Å²) in [7, 11) is 1.62. The average molecular weight is 303 g/mol. The molecule has 0 atom stereocenters. The van der Waals surface area contributed by atoms with Gasteiger partial charge in [-0.25, -0.2) is 13.6 Å². The maximum atomic E-state index is 13.7. The lowest BCUT2D eigenvalue weighted by molar-refractivity contribution is 0.0695. The molecule has 22 heavy (non-hydrogen) atoms. The van der Waals surface area contributed by atoms with Crippen LogP contribution in [0.2, 0.25) is 0 Å². The average Bonchev–Trinajstić information content (AvgIpc) is 2.75. The molecule has 0 unspecified atom stereocenters. The Balaban J connectivity index is 2.20. The molecule has 3 rings (SSSR count). The van der Waals surface area contributed by atoms with E-state index in [1.807, 2.05) is 0 Å². The first kappa shape index (κ1) is 14.1. The maximum Gasteiger partial charge on any atom is 0.341 e. The third-order valence-corrected chi connectivity index (χ3v) is 3.37. The Bertz CT molecular complexity index is 886. The van der Waals surface area contributed by atoms with Gasteiger partial charge in [0.25, 0.3) is 0 Å². The zero-order chi connectivity index (χ0) is 15.9. The van der Waals surface area contributed by atoms with E-state index >= 15 is 0 Å². The summed E-state index contributed by atoms with van der Waals surface area (Å²) in [4.78, 5) is 11.5. The van der Waals surface area contributed by atoms with Crippen molar-refractivity contribution in [3.63, 3.8) is 0 Å². The Labute approximate surface area is 124 Å². The van der Waals surface area contributed by atoms with E-state index in [-0.39, 0.29) is 17.2 Å². The molecule has 1 heterocycles. The van der Waals surface area contributed by atoms with E-state index in [9.17, 15) is 18.7 Å². The van der Waals surface area contributed by atoms with Crippen LogP contribution in [0, 0.1) is 11.6 Å². The fraction of sp³-hybridized carbons (Fsp3) is 0.0625. The number of aromatic nitrogens is 1. The van der Waals surface area contributed by atoms with Crippen LogP contribution in [0.3, 0.4) is 0 Å². The summed E-state index contributed by atoms with van der Waals surface area (Å²) in [5.74, 6) is -3.08. The van der Waals surface area contributed by atoms with Crippen LogP contribution in [-0.4, -0.2) is 15.6 Å². The molecule has 112 valence electrons. The number of aryl methyl sites for hydroxylation is 1. The molecule has 0 saturated carbocycles. The lowest BCUT2D eigenvalue weighted by Crippen LogP contribution is -2.02. The van der Waals surface area contributed by atoms with Crippen molar-refractivity contribution in [3.05, 3.63) is 59.7 Å². The van der Waals surface area contributed by atoms with E-state index in [1.165, 1.54) is 4.57 Å². The molecule has 1 aromatic heterocycles. The number of carbonyl (C=O) groups is 1. The van der Waals surface area contributed by atoms with Gasteiger partial charge in [-0.2, -0.15) is 0 Å². The monoisotopic (exact) mass is 303 g/mol. The number of nitrogens with zero attached hydrogens (tertiary/aromatic N) is 1. The van der Waals surface area contributed by atoms with E-state index in [0.717, 1.165) is 12.1 Å². The van der Waals surface area contributed by atoms with Crippen molar-refractivity contribution >= 4 is 16.9 Å². The Morgan fingerprint density at radius 2 is 1.91 bits per heavy atom. The number of carboxylic acids is 1. The lowest BCUT2D eigenvalue weighted by Gasteiger charge is -2.09. The van der Waals surface area contributed by atoms with Crippen molar-refractivity contribution in [1.82, 2.24) is 4.57 Å². The first-order chi connectivity index (χ1) is 10.5. The summed E-state index contributed by atoms with van der Waals surface area (Å²) in [6, 6.07) is 9.68. The molecule has 0 saturated heterocycles. The summed E-state index contributed by atoms with van der Waals surface area (Å²) in [6.45, 7) is 0. The molecular formula is C16H11F2NO3. The van der Waals surface area contributed by atoms with Crippen molar-refractivity contribution in [2.45, 2.75) is 0 Å². The Hall–Kier alpha value is -2.89. The van der Waals surface area contributed by atoms with Crippen molar-refractivity contribution in [2.75, 3.05) is 0 Å². The minimum atomic E-state index is -1.19. The van der Waals surface area contributed by atoms with Crippen LogP contribution in [0.4, 0.5) is 8.78 Å². The van der Waals surface area contributed by atoms with E-state index in [1.54, 1.807) is 31.3 Å². The Kier molecular flexibility index (Phi) is 3.29. The van der Waals surface area contributed by atoms with Gasteiger partial charge in [0.1, 0.15) is 11.4 Å². The minimum absolute atomic E-state index is 0.0146. The summed E-state index contributed by atoms with van der Waals surface area (Å²) < 4.78 is 33.6. The molecule has 3 aromatic rings. The van der Waals surface area contributed by atoms with E-state index in [0.29, 0.717) is 17.0 Å². The van der Waals surface area contributed by atoms with Gasteiger partial charge in [0, 0.05) is 18.5 Å². The highest BCUT2D eigenvalue weighted by atomic mass is 19.1. The van der Waals surface area contributed by atoms with Gasteiger partial charge in [-0.1, -0.05) is 18.2 Å². The summed E-state index contributed by atoms with van der Waals surface area (Å²) >= 11 is 0. The van der Waals surface area contributed by atoms with Gasteiger partial charge in [-0.05, 0) is 18.2 Å². The first-order valence-corrected chi connectivity index (χ1v) is 6.42. The van der Waals surface area contributed by atoms with Gasteiger partial charge in [0.2, 0.25) is 5.88 Å². The molecule has 0 aliphatic carbocycles. The normalized spacial score (nSPS) is 10.9. The standard InChI is InChI=1S/C16H11F2NO3/c1-19-12-5-3-2-4-10(12)14(16(20)21)15(19)22-13-7-6-9(17)8-11(13)18/h2-8H,1H3,(H,20,21). The number of hydrogen-bond acceptors (Lipinski definition) is 2. The molecular weight excluding hydrogens is 292 g/mol. The summed E-state index contributed by atoms with van der Waals surface area (Å²) in [6.07, 6.45) is 0. The molecule has 0 spiro atoms. The molecule has 0 bridgehead atoms. The van der Waals surface area contributed by atoms with Crippen molar-refractivity contribution in [1.29, 1.82) is 0 Å². The number of benzene rings is 2. The van der Waals surface area contributed by atoms with Gasteiger partial charge in [0.15, 0.2) is 11.6 Å². The van der Waals surface area contributed by atoms with Gasteiger partial charge in [-0.15, -0.1) is 0 Å². The van der Waals surface area contributed by atoms with Gasteiger partial charge in [-0.3, -0.25) is 0 Å². The lowest BCUT2D eigenvalue weighted by atomic mass is 10.2. The van der Waals surface area contributed by atoms with Gasteiger partial charge >= 0.3 is 5.97 Å². The molecule has 0 fully saturated rings. The largest absolute Gasteiger partial charge is 0.477 e. The Morgan fingerprint density at radius 1 is 1.18 bits per heavy atom. The smallest absolute Gasteiger partial charge is 0.341 e. The van der Waals surface area contributed by atoms with Crippen LogP contribution in [0.15, 0.2) is 42.5 Å². The van der Waals surface area contributed by atoms with Gasteiger partial charge in [0.05, 0.1) is 5.52 Å². The topological polar surface area (TPSA) is 51.5 Å². The highest BCUT2D eigenvalue weighted by Crippen LogP contribution is 2.35. The summed E-state index contributed by atoms with van der Waals surface area (Å²) in [5.41, 5.74) is 0.569. The SMILES string of the molecule is Cn1c(Oc2ccc(F)cc2F)c(C(=O)O)c2ccccc21. The quantitative estimate of drug-likeness (QED) is 0.797. The molecule has 0 radical (unpaired) electrons. The number of hydrogen-bond donors (Lipinski definition) is 1. The number of fused-ring (bicyclic) bond motifs is 1. The van der Waals surface area contributed by atoms with Crippen molar-refractivity contribution in [3.8, 4) is 11.6 Å². The molecule has 6 heteroatoms. The second-order valence-corrected chi connectivity index (χ2v) is 4.74. The third kappa shape index (κ3) is 2.18. The number of para-hydroxylation sites is 1. The van der Waals surface area contributed by atoms with Crippen LogP contribution in [0.25, 0.3) is 10.9 Å². The van der Waals surface area contributed by atoms with Gasteiger partial charge < -0.3 is 14.4 Å². The van der Waals surface area contributed by atoms with E-state index < -0.39 is 17.6 Å². The van der Waals surface area contributed by atoms with Crippen molar-refractivity contribution < 1.29 is 23.4 Å². The number of halogens is 2. The van der Waals surface area contributed by atoms with Crippen LogP contribution < -0.4 is 4.74 Å². The number of carboxylic acid groups (broad SMARTS) is 1. The highest BCUT2D eigenvalue weighted by molar-refractivity contribution is 6.06. The Morgan fingerprint density at radius 3 is 2.59 bits per heavy atom. The van der Waals surface area contributed by atoms with Crippen LogP contribution in [-0.2, 0) is 7.05 Å². The number of aromatic carboxylic acids is 1. The fourth-order valence-electron chi connectivity index (χ4n) is 2.36. The molecule has 0 amide bonds. The van der Waals surface area contributed by atoms with Crippen LogP contribution in [0.5, 0.6) is 11.6 Å². The minimum Gasteiger partial charge on any atom is -0.477 e. The van der Waals surface area contributed by atoms with Crippen molar-refractivity contribution in [2.24, 2.45) is 7.05 Å². The predicted octanol–water partition coefficient (Wildman–Crippen LogP) is 3.95. The van der Waals surface area contributed by atoms with Crippen LogP contribution >= 0.6 is 0 Å². The van der Waals surface area contributed by atoms with E-state index in [2.05, 4.69) is 0 Å². The summed E-state index contributed by atoms with van der Waals surface area (Å²) in [5, 5.41) is 9.90. The zero-order valence-corrected chi connectivity index (χ0v) is 11.5. The predicted molar refractivity (Wildman–Crippen MR) is 76.3 cm³/mol. The third-order valence-electron chi connectivity index (χ3n) is 3.37. The number of rotatable bonds is 3. The number of ether oxygens (including phenoxy) is 1. The fourth-order valence-corrected chi connectivity index (χ4v) is 2.36. The zero-order valence-electron chi connectivity index (χ0n) is 11.5. The molecule has 2 aromatic carbocycles.